The maximum Gasteiger partial charge on any atom is 0.175 e. The van der Waals surface area contributed by atoms with Crippen molar-refractivity contribution < 1.29 is 14.2 Å². The average molecular weight is 407 g/mol. The molecule has 0 saturated carbocycles. The van der Waals surface area contributed by atoms with Gasteiger partial charge in [-0.3, -0.25) is 14.5 Å². The first-order chi connectivity index (χ1) is 14.5. The molecule has 0 spiro atoms. The van der Waals surface area contributed by atoms with Crippen LogP contribution < -0.4 is 5.49 Å². The van der Waals surface area contributed by atoms with Gasteiger partial charge in [-0.2, -0.15) is 0 Å². The first-order valence-corrected chi connectivity index (χ1v) is 10.2. The largest absolute Gasteiger partial charge is 0.487 e. The van der Waals surface area contributed by atoms with Crippen LogP contribution in [-0.2, 0) is 27.5 Å². The lowest BCUT2D eigenvalue weighted by molar-refractivity contribution is -0.136. The number of nitrogens with one attached hydrogen (secondary N) is 1. The van der Waals surface area contributed by atoms with Gasteiger partial charge in [-0.25, -0.2) is 9.97 Å². The summed E-state index contributed by atoms with van der Waals surface area (Å²) in [5, 5.41) is 8.54. The van der Waals surface area contributed by atoms with Crippen LogP contribution in [0.3, 0.4) is 0 Å². The van der Waals surface area contributed by atoms with Crippen molar-refractivity contribution in [2.24, 2.45) is 5.92 Å². The van der Waals surface area contributed by atoms with Gasteiger partial charge in [-0.1, -0.05) is 50.8 Å². The fourth-order valence-electron chi connectivity index (χ4n) is 4.55. The molecule has 30 heavy (non-hydrogen) atoms. The van der Waals surface area contributed by atoms with Crippen molar-refractivity contribution in [3.8, 4) is 0 Å². The molecule has 156 valence electrons. The summed E-state index contributed by atoms with van der Waals surface area (Å²) < 4.78 is 21.7. The Hall–Kier alpha value is -2.97. The molecular weight excluding hydrogens is 382 g/mol. The van der Waals surface area contributed by atoms with Gasteiger partial charge in [0.05, 0.1) is 12.9 Å². The molecule has 2 aliphatic rings. The zero-order valence-corrected chi connectivity index (χ0v) is 17.1. The summed E-state index contributed by atoms with van der Waals surface area (Å²) in [7, 11) is 0. The molecule has 0 amide bonds. The maximum atomic E-state index is 8.54. The van der Waals surface area contributed by atoms with Crippen LogP contribution in [0, 0.1) is 11.3 Å². The highest BCUT2D eigenvalue weighted by Gasteiger charge is 2.62. The van der Waals surface area contributed by atoms with Crippen LogP contribution >= 0.6 is 0 Å². The van der Waals surface area contributed by atoms with Gasteiger partial charge in [0.25, 0.3) is 0 Å². The molecule has 1 aromatic carbocycles. The third-order valence-electron chi connectivity index (χ3n) is 6.33. The van der Waals surface area contributed by atoms with Crippen molar-refractivity contribution in [2.45, 2.75) is 51.5 Å². The lowest BCUT2D eigenvalue weighted by Crippen LogP contribution is -2.34. The molecule has 3 aromatic rings. The van der Waals surface area contributed by atoms with E-state index in [1.165, 1.54) is 0 Å². The lowest BCUT2D eigenvalue weighted by Gasteiger charge is -2.32. The van der Waals surface area contributed by atoms with Crippen molar-refractivity contribution in [2.75, 3.05) is 0 Å². The number of hydrogen-bond acceptors (Lipinski definition) is 6. The fourth-order valence-corrected chi connectivity index (χ4v) is 4.55. The van der Waals surface area contributed by atoms with Crippen molar-refractivity contribution in [1.29, 1.82) is 5.41 Å². The highest BCUT2D eigenvalue weighted by Crippen LogP contribution is 2.55. The summed E-state index contributed by atoms with van der Waals surface area (Å²) >= 11 is 0. The Labute approximate surface area is 174 Å². The topological polar surface area (TPSA) is 87.2 Å². The molecule has 4 heterocycles. The zero-order chi connectivity index (χ0) is 20.9. The van der Waals surface area contributed by atoms with Crippen LogP contribution in [0.5, 0.6) is 0 Å². The molecule has 2 bridgehead atoms. The van der Waals surface area contributed by atoms with E-state index in [2.05, 4.69) is 30.4 Å². The molecule has 2 aliphatic heterocycles. The molecule has 2 saturated heterocycles. The summed E-state index contributed by atoms with van der Waals surface area (Å²) in [6.07, 6.45) is 3.60. The molecule has 2 fully saturated rings. The smallest absolute Gasteiger partial charge is 0.175 e. The Balaban J connectivity index is 1.39. The van der Waals surface area contributed by atoms with Gasteiger partial charge in [0.2, 0.25) is 0 Å². The van der Waals surface area contributed by atoms with Gasteiger partial charge < -0.3 is 14.2 Å². The van der Waals surface area contributed by atoms with E-state index in [-0.39, 0.29) is 30.5 Å². The first kappa shape index (κ1) is 19.0. The van der Waals surface area contributed by atoms with Gasteiger partial charge in [-0.15, -0.1) is 0 Å². The Bertz CT molecular complexity index is 1150. The number of hydrogen-bond donors (Lipinski definition) is 1. The van der Waals surface area contributed by atoms with E-state index in [9.17, 15) is 0 Å². The highest BCUT2D eigenvalue weighted by atomic mass is 16.6. The minimum absolute atomic E-state index is 0.146. The summed E-state index contributed by atoms with van der Waals surface area (Å²) in [6.45, 7) is 8.96. The van der Waals surface area contributed by atoms with Crippen molar-refractivity contribution >= 4 is 11.2 Å². The maximum absolute atomic E-state index is 8.54. The van der Waals surface area contributed by atoms with E-state index in [1.54, 1.807) is 17.2 Å². The van der Waals surface area contributed by atoms with Crippen LogP contribution in [0.4, 0.5) is 0 Å². The number of imidazole rings is 1. The van der Waals surface area contributed by atoms with Crippen LogP contribution in [-0.4, -0.2) is 30.8 Å². The molecular formula is C22H25N5O3. The third-order valence-corrected chi connectivity index (χ3v) is 6.33. The predicted octanol–water partition coefficient (Wildman–Crippen LogP) is 3.11. The number of fused-ring (bicyclic) bond motifs is 3. The Kier molecular flexibility index (Phi) is 4.48. The lowest BCUT2D eigenvalue weighted by atomic mass is 9.86. The van der Waals surface area contributed by atoms with Gasteiger partial charge in [0.1, 0.15) is 30.5 Å². The first-order valence-electron chi connectivity index (χ1n) is 10.2. The monoisotopic (exact) mass is 407 g/mol. The third kappa shape index (κ3) is 2.71. The van der Waals surface area contributed by atoms with E-state index >= 15 is 0 Å². The van der Waals surface area contributed by atoms with Crippen LogP contribution in [0.1, 0.15) is 32.1 Å². The molecule has 1 unspecified atom stereocenters. The molecule has 8 nitrogen and oxygen atoms in total. The van der Waals surface area contributed by atoms with Gasteiger partial charge in [0.15, 0.2) is 22.9 Å². The predicted molar refractivity (Wildman–Crippen MR) is 109 cm³/mol. The van der Waals surface area contributed by atoms with Gasteiger partial charge in [-0.05, 0) is 12.0 Å². The molecule has 0 radical (unpaired) electrons. The van der Waals surface area contributed by atoms with Crippen molar-refractivity contribution in [1.82, 2.24) is 19.1 Å². The Morgan fingerprint density at radius 1 is 1.23 bits per heavy atom. The molecule has 5 rings (SSSR count). The van der Waals surface area contributed by atoms with Gasteiger partial charge >= 0.3 is 0 Å². The van der Waals surface area contributed by atoms with E-state index in [4.69, 9.17) is 19.6 Å². The fraction of sp³-hybridized carbons (Fsp3) is 0.409. The normalized spacial score (nSPS) is 27.7. The van der Waals surface area contributed by atoms with E-state index in [0.29, 0.717) is 23.5 Å². The summed E-state index contributed by atoms with van der Waals surface area (Å²) in [5.74, 6) is 0.888. The summed E-state index contributed by atoms with van der Waals surface area (Å²) in [5.41, 5.74) is 1.96. The molecule has 0 aliphatic carbocycles. The standard InChI is InChI=1S/C22H25N5O3/c1-4-22-14(2)18(29-15(22)3)21(30-22)27-12-24-17-19(23)26(11-25-20(17)27)13-28-10-16-8-6-5-7-9-16/h5-9,11-12,14,18,21,23H,3-4,10,13H2,1-2H3/t14?,18-,21+,22+/m0/s1. The number of benzene rings is 1. The Morgan fingerprint density at radius 2 is 2.03 bits per heavy atom. The second-order valence-corrected chi connectivity index (χ2v) is 7.90. The van der Waals surface area contributed by atoms with Crippen LogP contribution in [0.15, 0.2) is 55.3 Å². The van der Waals surface area contributed by atoms with E-state index < -0.39 is 5.60 Å². The second-order valence-electron chi connectivity index (χ2n) is 7.90. The Morgan fingerprint density at radius 3 is 2.77 bits per heavy atom. The van der Waals surface area contributed by atoms with Gasteiger partial charge in [0, 0.05) is 5.92 Å². The SMILES string of the molecule is C=C1O[C@H]2C(C)[C@@]1(CC)O[C@H]2n1cnc2c(=N)n(COCc3ccccc3)cnc21. The van der Waals surface area contributed by atoms with Crippen LogP contribution in [0.2, 0.25) is 0 Å². The van der Waals surface area contributed by atoms with Crippen LogP contribution in [0.25, 0.3) is 11.2 Å². The zero-order valence-electron chi connectivity index (χ0n) is 17.1. The van der Waals surface area contributed by atoms with E-state index in [1.807, 2.05) is 34.9 Å². The summed E-state index contributed by atoms with van der Waals surface area (Å²) in [6, 6.07) is 9.93. The number of rotatable bonds is 6. The molecule has 1 N–H and O–H groups in total. The van der Waals surface area contributed by atoms with E-state index in [0.717, 1.165) is 12.0 Å². The molecule has 2 aromatic heterocycles. The number of ether oxygens (including phenoxy) is 3. The number of nitrogens with zero attached hydrogens (tertiary/aromatic N) is 4. The van der Waals surface area contributed by atoms with Crippen molar-refractivity contribution in [3.63, 3.8) is 0 Å². The number of aromatic nitrogens is 4. The second kappa shape index (κ2) is 7.07. The molecule has 4 atom stereocenters. The summed E-state index contributed by atoms with van der Waals surface area (Å²) in [4.78, 5) is 9.00. The van der Waals surface area contributed by atoms with Crippen molar-refractivity contribution in [3.05, 3.63) is 66.4 Å². The average Bonchev–Trinajstić information content (AvgIpc) is 3.38. The minimum atomic E-state index is -0.476. The minimum Gasteiger partial charge on any atom is -0.487 e. The molecule has 8 heteroatoms. The quantitative estimate of drug-likeness (QED) is 0.678. The highest BCUT2D eigenvalue weighted by molar-refractivity contribution is 5.68.